The van der Waals surface area contributed by atoms with Crippen molar-refractivity contribution in [2.24, 2.45) is 5.92 Å². The lowest BCUT2D eigenvalue weighted by Crippen LogP contribution is -2.27. The number of rotatable bonds is 4. The third-order valence-electron chi connectivity index (χ3n) is 2.46. The van der Waals surface area contributed by atoms with Gasteiger partial charge in [0.1, 0.15) is 6.42 Å². The number of nitrogens with one attached hydrogen (secondary N) is 1. The van der Waals surface area contributed by atoms with Crippen LogP contribution >= 0.6 is 0 Å². The normalized spacial score (nSPS) is 17.4. The molecule has 78 valence electrons. The van der Waals surface area contributed by atoms with E-state index < -0.39 is 0 Å². The van der Waals surface area contributed by atoms with Crippen molar-refractivity contribution in [2.75, 3.05) is 19.8 Å². The summed E-state index contributed by atoms with van der Waals surface area (Å²) >= 11 is 0. The summed E-state index contributed by atoms with van der Waals surface area (Å²) < 4.78 is 5.24. The van der Waals surface area contributed by atoms with Crippen molar-refractivity contribution in [1.29, 1.82) is 5.26 Å². The lowest BCUT2D eigenvalue weighted by molar-refractivity contribution is -0.120. The Hall–Kier alpha value is -1.08. The zero-order valence-corrected chi connectivity index (χ0v) is 8.29. The van der Waals surface area contributed by atoms with E-state index in [1.165, 1.54) is 0 Å². The van der Waals surface area contributed by atoms with Crippen LogP contribution in [0.3, 0.4) is 0 Å². The Morgan fingerprint density at radius 1 is 1.50 bits per heavy atom. The van der Waals surface area contributed by atoms with Crippen molar-refractivity contribution >= 4 is 5.91 Å². The van der Waals surface area contributed by atoms with Gasteiger partial charge in [-0.25, -0.2) is 0 Å². The molecule has 0 atom stereocenters. The largest absolute Gasteiger partial charge is 0.381 e. The monoisotopic (exact) mass is 196 g/mol. The molecule has 0 aliphatic carbocycles. The summed E-state index contributed by atoms with van der Waals surface area (Å²) in [6.07, 6.45) is 3.15. The Balaban J connectivity index is 2.03. The summed E-state index contributed by atoms with van der Waals surface area (Å²) in [4.78, 5) is 10.9. The zero-order chi connectivity index (χ0) is 10.2. The van der Waals surface area contributed by atoms with Crippen LogP contribution in [0.15, 0.2) is 0 Å². The van der Waals surface area contributed by atoms with Gasteiger partial charge in [0.15, 0.2) is 0 Å². The molecule has 14 heavy (non-hydrogen) atoms. The number of nitriles is 1. The van der Waals surface area contributed by atoms with Crippen LogP contribution in [0.4, 0.5) is 0 Å². The molecule has 0 aromatic rings. The zero-order valence-electron chi connectivity index (χ0n) is 8.29. The van der Waals surface area contributed by atoms with Gasteiger partial charge in [-0.05, 0) is 25.2 Å². The molecule has 1 amide bonds. The second kappa shape index (κ2) is 6.39. The van der Waals surface area contributed by atoms with E-state index in [1.54, 1.807) is 0 Å². The summed E-state index contributed by atoms with van der Waals surface area (Å²) in [5.41, 5.74) is 0. The molecule has 1 fully saturated rings. The van der Waals surface area contributed by atoms with Crippen LogP contribution in [0.2, 0.25) is 0 Å². The summed E-state index contributed by atoms with van der Waals surface area (Å²) in [6, 6.07) is 1.82. The number of carbonyl (C=O) groups is 1. The van der Waals surface area contributed by atoms with Crippen LogP contribution in [-0.4, -0.2) is 25.7 Å². The molecular formula is C10H16N2O2. The van der Waals surface area contributed by atoms with Crippen LogP contribution < -0.4 is 5.32 Å². The molecule has 1 saturated heterocycles. The number of nitrogens with zero attached hydrogens (tertiary/aromatic N) is 1. The molecule has 1 N–H and O–H groups in total. The summed E-state index contributed by atoms with van der Waals surface area (Å²) in [5, 5.41) is 11.0. The lowest BCUT2D eigenvalue weighted by atomic mass is 9.97. The second-order valence-corrected chi connectivity index (χ2v) is 3.53. The average molecular weight is 196 g/mol. The quantitative estimate of drug-likeness (QED) is 0.724. The smallest absolute Gasteiger partial charge is 0.234 e. The van der Waals surface area contributed by atoms with Gasteiger partial charge in [-0.3, -0.25) is 4.79 Å². The predicted molar refractivity (Wildman–Crippen MR) is 51.4 cm³/mol. The highest BCUT2D eigenvalue weighted by Crippen LogP contribution is 2.17. The van der Waals surface area contributed by atoms with Crippen molar-refractivity contribution < 1.29 is 9.53 Å². The maximum Gasteiger partial charge on any atom is 0.234 e. The first kappa shape index (κ1) is 11.0. The summed E-state index contributed by atoms with van der Waals surface area (Å²) in [7, 11) is 0. The van der Waals surface area contributed by atoms with E-state index in [4.69, 9.17) is 10.00 Å². The molecule has 0 aromatic carbocycles. The minimum atomic E-state index is -0.167. The molecule has 1 aliphatic heterocycles. The highest BCUT2D eigenvalue weighted by Gasteiger charge is 2.13. The number of amides is 1. The lowest BCUT2D eigenvalue weighted by Gasteiger charge is -2.21. The molecule has 0 aromatic heterocycles. The van der Waals surface area contributed by atoms with Crippen molar-refractivity contribution in [3.05, 3.63) is 0 Å². The van der Waals surface area contributed by atoms with Gasteiger partial charge in [-0.1, -0.05) is 0 Å². The van der Waals surface area contributed by atoms with Gasteiger partial charge < -0.3 is 10.1 Å². The molecule has 0 spiro atoms. The van der Waals surface area contributed by atoms with E-state index in [9.17, 15) is 4.79 Å². The van der Waals surface area contributed by atoms with E-state index in [2.05, 4.69) is 5.32 Å². The highest BCUT2D eigenvalue weighted by molar-refractivity contribution is 5.77. The number of hydrogen-bond donors (Lipinski definition) is 1. The standard InChI is InChI=1S/C10H16N2O2/c11-5-1-10(13)12-6-2-9-3-7-14-8-4-9/h9H,1-4,6-8H2,(H,12,13). The van der Waals surface area contributed by atoms with E-state index in [-0.39, 0.29) is 12.3 Å². The Morgan fingerprint density at radius 3 is 2.86 bits per heavy atom. The van der Waals surface area contributed by atoms with Gasteiger partial charge in [0.2, 0.25) is 5.91 Å². The Labute approximate surface area is 84.2 Å². The van der Waals surface area contributed by atoms with Gasteiger partial charge in [0, 0.05) is 19.8 Å². The molecular weight excluding hydrogens is 180 g/mol. The summed E-state index contributed by atoms with van der Waals surface area (Å²) in [6.45, 7) is 2.37. The molecule has 0 saturated carbocycles. The van der Waals surface area contributed by atoms with Crippen LogP contribution in [0.1, 0.15) is 25.7 Å². The van der Waals surface area contributed by atoms with Crippen molar-refractivity contribution in [1.82, 2.24) is 5.32 Å². The first-order chi connectivity index (χ1) is 6.83. The van der Waals surface area contributed by atoms with E-state index in [0.29, 0.717) is 12.5 Å². The van der Waals surface area contributed by atoms with Crippen molar-refractivity contribution in [2.45, 2.75) is 25.7 Å². The average Bonchev–Trinajstić information content (AvgIpc) is 2.20. The Morgan fingerprint density at radius 2 is 2.21 bits per heavy atom. The molecule has 0 radical (unpaired) electrons. The van der Waals surface area contributed by atoms with E-state index in [0.717, 1.165) is 32.5 Å². The molecule has 1 rings (SSSR count). The molecule has 4 nitrogen and oxygen atoms in total. The maximum atomic E-state index is 10.9. The van der Waals surface area contributed by atoms with Gasteiger partial charge in [0.25, 0.3) is 0 Å². The van der Waals surface area contributed by atoms with Gasteiger partial charge >= 0.3 is 0 Å². The predicted octanol–water partition coefficient (Wildman–Crippen LogP) is 0.833. The fourth-order valence-corrected chi connectivity index (χ4v) is 1.59. The fourth-order valence-electron chi connectivity index (χ4n) is 1.59. The van der Waals surface area contributed by atoms with E-state index in [1.807, 2.05) is 6.07 Å². The number of hydrogen-bond acceptors (Lipinski definition) is 3. The van der Waals surface area contributed by atoms with Crippen molar-refractivity contribution in [3.8, 4) is 6.07 Å². The van der Waals surface area contributed by atoms with Crippen LogP contribution in [0, 0.1) is 17.2 Å². The first-order valence-electron chi connectivity index (χ1n) is 5.04. The van der Waals surface area contributed by atoms with Crippen LogP contribution in [0.25, 0.3) is 0 Å². The highest BCUT2D eigenvalue weighted by atomic mass is 16.5. The fraction of sp³-hybridized carbons (Fsp3) is 0.800. The van der Waals surface area contributed by atoms with Crippen molar-refractivity contribution in [3.63, 3.8) is 0 Å². The number of carbonyl (C=O) groups excluding carboxylic acids is 1. The first-order valence-corrected chi connectivity index (χ1v) is 5.04. The SMILES string of the molecule is N#CCC(=O)NCCC1CCOCC1. The Bertz CT molecular complexity index is 217. The topological polar surface area (TPSA) is 62.1 Å². The third kappa shape index (κ3) is 4.24. The minimum Gasteiger partial charge on any atom is -0.381 e. The maximum absolute atomic E-state index is 10.9. The summed E-state index contributed by atoms with van der Waals surface area (Å²) in [5.74, 6) is 0.505. The molecule has 4 heteroatoms. The van der Waals surface area contributed by atoms with E-state index >= 15 is 0 Å². The molecule has 0 bridgehead atoms. The molecule has 0 unspecified atom stereocenters. The third-order valence-corrected chi connectivity index (χ3v) is 2.46. The number of ether oxygens (including phenoxy) is 1. The van der Waals surface area contributed by atoms with Crippen LogP contribution in [0.5, 0.6) is 0 Å². The van der Waals surface area contributed by atoms with Crippen LogP contribution in [-0.2, 0) is 9.53 Å². The second-order valence-electron chi connectivity index (χ2n) is 3.53. The molecule has 1 heterocycles. The van der Waals surface area contributed by atoms with Gasteiger partial charge in [-0.2, -0.15) is 5.26 Å². The van der Waals surface area contributed by atoms with Gasteiger partial charge in [-0.15, -0.1) is 0 Å². The van der Waals surface area contributed by atoms with Gasteiger partial charge in [0.05, 0.1) is 6.07 Å². The minimum absolute atomic E-state index is 0.0340. The Kier molecular flexibility index (Phi) is 5.02. The molecule has 1 aliphatic rings.